The molecule has 366 valence electrons. The predicted molar refractivity (Wildman–Crippen MR) is 274 cm³/mol. The molecular weight excluding hydrogens is 895 g/mol. The Morgan fingerprint density at radius 1 is 0.915 bits per heavy atom. The van der Waals surface area contributed by atoms with Crippen LogP contribution in [0.2, 0.25) is 0 Å². The monoisotopic (exact) mass is 955 g/mol. The zero-order chi connectivity index (χ0) is 49.0. The lowest BCUT2D eigenvalue weighted by molar-refractivity contribution is 0.152. The number of aliphatic hydroxyl groups is 3. The first-order chi connectivity index (χ1) is 34.7. The number of ether oxygens (including phenoxy) is 4. The van der Waals surface area contributed by atoms with Crippen LogP contribution in [0.25, 0.3) is 17.2 Å². The molecule has 1 saturated heterocycles. The van der Waals surface area contributed by atoms with Crippen LogP contribution in [0.5, 0.6) is 28.7 Å². The van der Waals surface area contributed by atoms with Crippen LogP contribution in [0.4, 0.5) is 5.82 Å². The highest BCUT2D eigenvalue weighted by atomic mass is 16.5. The van der Waals surface area contributed by atoms with Gasteiger partial charge >= 0.3 is 5.78 Å². The number of anilines is 1. The lowest BCUT2D eigenvalue weighted by Gasteiger charge is -2.48. The molecule has 1 fully saturated rings. The molecule has 6 aromatic rings. The summed E-state index contributed by atoms with van der Waals surface area (Å²) in [5.41, 5.74) is 9.38. The normalized spacial score (nSPS) is 20.9. The van der Waals surface area contributed by atoms with Gasteiger partial charge < -0.3 is 54.6 Å². The Kier molecular flexibility index (Phi) is 14.2. The van der Waals surface area contributed by atoms with Crippen molar-refractivity contribution < 1.29 is 44.2 Å². The van der Waals surface area contributed by atoms with Gasteiger partial charge in [0.2, 0.25) is 5.75 Å². The number of aromatic hydroxyl groups is 1. The second-order valence-corrected chi connectivity index (χ2v) is 18.9. The van der Waals surface area contributed by atoms with E-state index in [1.807, 2.05) is 42.5 Å². The van der Waals surface area contributed by atoms with Gasteiger partial charge in [0.15, 0.2) is 17.1 Å². The highest BCUT2D eigenvalue weighted by molar-refractivity contribution is 6.05. The molecule has 0 aliphatic carbocycles. The summed E-state index contributed by atoms with van der Waals surface area (Å²) in [6.45, 7) is 3.18. The third-order valence-corrected chi connectivity index (χ3v) is 14.2. The number of ketones is 1. The molecule has 71 heavy (non-hydrogen) atoms. The Balaban J connectivity index is 1.19. The van der Waals surface area contributed by atoms with Gasteiger partial charge in [-0.3, -0.25) is 4.79 Å². The van der Waals surface area contributed by atoms with E-state index in [-0.39, 0.29) is 74.4 Å². The predicted octanol–water partition coefficient (Wildman–Crippen LogP) is 7.62. The summed E-state index contributed by atoms with van der Waals surface area (Å²) in [6.07, 6.45) is 4.57. The van der Waals surface area contributed by atoms with Crippen LogP contribution in [0.15, 0.2) is 109 Å². The van der Waals surface area contributed by atoms with Gasteiger partial charge in [-0.05, 0) is 101 Å². The Morgan fingerprint density at radius 3 is 2.54 bits per heavy atom. The van der Waals surface area contributed by atoms with Gasteiger partial charge in [0.05, 0.1) is 50.6 Å². The number of aromatic nitrogens is 1. The van der Waals surface area contributed by atoms with Gasteiger partial charge in [0, 0.05) is 18.9 Å². The maximum Gasteiger partial charge on any atom is 0.335 e. The largest absolute Gasteiger partial charge is 0.508 e. The number of phenols is 1. The molecule has 11 rings (SSSR count). The minimum atomic E-state index is -0.848. The molecule has 6 atom stereocenters. The van der Waals surface area contributed by atoms with E-state index in [2.05, 4.69) is 71.4 Å². The standard InChI is InChI=1S/C59H60N3O9/c1-3-45-31-48-42-11-7-10-37(26-42)27-43-17-21-49-50(62(24-23-60-49)59(48)61-45)30-38-12-14-41(44(28-38)34-64)29-39(33-63)35-70-56-53(43)55-54(51(67)32-52(71-55)40-15-19-46(65)20-16-40)57(58(56)68-2)69-25-22-47(66)18-13-36-8-5-4-6-9-36/h4-16,18-20,26,28,31,39,43,47,49-50,52,60,63-66H,3,22-25,27,29-30,32-35H2,1-2H3/q-1/p+1. The zero-order valence-corrected chi connectivity index (χ0v) is 40.2. The molecule has 0 amide bonds. The minimum Gasteiger partial charge on any atom is -0.508 e. The van der Waals surface area contributed by atoms with Crippen molar-refractivity contribution in [2.24, 2.45) is 5.92 Å². The second kappa shape index (κ2) is 21.1. The van der Waals surface area contributed by atoms with Gasteiger partial charge in [0.25, 0.3) is 0 Å². The number of aryl methyl sites for hydroxylation is 1. The zero-order valence-electron chi connectivity index (χ0n) is 40.2. The molecule has 12 heteroatoms. The summed E-state index contributed by atoms with van der Waals surface area (Å²) < 4.78 is 27.2. The van der Waals surface area contributed by atoms with Crippen molar-refractivity contribution >= 4 is 17.7 Å². The number of hydrogen-bond donors (Lipinski definition) is 5. The number of benzene rings is 5. The number of carbonyl (C=O) groups excluding carboxylic acids is 1. The Hall–Kier alpha value is -7.01. The SMILES string of the molecule is CCc1cc2c([n-]1)N1CCNC3C#CC(Cc4cccc-2c4)c2c(c(OC)c(OCCC(O)C=Cc4ccccc4)c4c2OC(c2ccc(O)cc2)CC4=[OH+])OCC(CO)Cc2ccc(cc2CO)CC31. The van der Waals surface area contributed by atoms with Crippen molar-refractivity contribution in [3.8, 4) is 51.7 Å². The number of nitrogens with zero attached hydrogens (tertiary/aromatic N) is 2. The summed E-state index contributed by atoms with van der Waals surface area (Å²) in [7, 11) is 1.53. The van der Waals surface area contributed by atoms with Crippen LogP contribution in [-0.2, 0) is 32.3 Å². The van der Waals surface area contributed by atoms with E-state index in [0.29, 0.717) is 55.0 Å². The third kappa shape index (κ3) is 10.0. The summed E-state index contributed by atoms with van der Waals surface area (Å²) >= 11 is 0. The number of aliphatic hydroxyl groups excluding tert-OH is 3. The van der Waals surface area contributed by atoms with Crippen molar-refractivity contribution in [1.82, 2.24) is 10.3 Å². The molecule has 12 nitrogen and oxygen atoms in total. The third-order valence-electron chi connectivity index (χ3n) is 14.2. The molecule has 6 unspecified atom stereocenters. The molecule has 0 radical (unpaired) electrons. The Bertz CT molecular complexity index is 2970. The number of methoxy groups -OCH3 is 1. The number of piperazine rings is 1. The van der Waals surface area contributed by atoms with E-state index < -0.39 is 24.0 Å². The summed E-state index contributed by atoms with van der Waals surface area (Å²) in [5.74, 6) is 8.51. The van der Waals surface area contributed by atoms with Crippen molar-refractivity contribution in [3.05, 3.63) is 159 Å². The quantitative estimate of drug-likeness (QED) is 0.0641. The number of phenolic OH excluding ortho intramolecular Hbond substituents is 1. The Morgan fingerprint density at radius 2 is 1.75 bits per heavy atom. The van der Waals surface area contributed by atoms with Gasteiger partial charge in [0.1, 0.15) is 24.0 Å². The smallest absolute Gasteiger partial charge is 0.335 e. The van der Waals surface area contributed by atoms with Crippen molar-refractivity contribution in [3.63, 3.8) is 0 Å². The molecule has 6 heterocycles. The van der Waals surface area contributed by atoms with E-state index in [1.165, 1.54) is 7.11 Å². The number of nitrogens with one attached hydrogen (secondary N) is 1. The maximum atomic E-state index is 12.4. The molecule has 8 bridgehead atoms. The van der Waals surface area contributed by atoms with Gasteiger partial charge in [-0.25, -0.2) is 0 Å². The highest BCUT2D eigenvalue weighted by Gasteiger charge is 2.43. The number of hydrogen-bond acceptors (Lipinski definition) is 10. The first kappa shape index (κ1) is 47.7. The molecule has 5 aliphatic heterocycles. The average molecular weight is 956 g/mol. The first-order valence-electron chi connectivity index (χ1n) is 24.8. The van der Waals surface area contributed by atoms with Crippen LogP contribution >= 0.6 is 0 Å². The lowest BCUT2D eigenvalue weighted by atomic mass is 9.84. The van der Waals surface area contributed by atoms with Gasteiger partial charge in [-0.2, -0.15) is 0 Å². The van der Waals surface area contributed by atoms with Crippen molar-refractivity contribution in [2.45, 2.75) is 82.3 Å². The van der Waals surface area contributed by atoms with Crippen LogP contribution in [0.1, 0.15) is 82.0 Å². The van der Waals surface area contributed by atoms with E-state index in [9.17, 15) is 25.2 Å². The van der Waals surface area contributed by atoms with Crippen molar-refractivity contribution in [2.75, 3.05) is 44.9 Å². The van der Waals surface area contributed by atoms with Crippen LogP contribution in [0, 0.1) is 17.8 Å². The fraction of sp³-hybridized carbons (Fsp3) is 0.339. The van der Waals surface area contributed by atoms with Gasteiger partial charge in [-0.1, -0.05) is 133 Å². The fourth-order valence-corrected chi connectivity index (χ4v) is 10.5. The van der Waals surface area contributed by atoms with Crippen LogP contribution < -0.4 is 34.1 Å². The molecule has 1 aromatic heterocycles. The van der Waals surface area contributed by atoms with Crippen molar-refractivity contribution in [1.29, 1.82) is 0 Å². The first-order valence-corrected chi connectivity index (χ1v) is 24.8. The lowest BCUT2D eigenvalue weighted by Crippen LogP contribution is -2.59. The molecule has 6 N–H and O–H groups in total. The topological polar surface area (TPSA) is 169 Å². The Labute approximate surface area is 414 Å². The molecule has 5 aliphatic rings. The molecule has 5 aromatic carbocycles. The number of fused-ring (bicyclic) bond motifs is 11. The maximum absolute atomic E-state index is 12.4. The highest BCUT2D eigenvalue weighted by Crippen LogP contribution is 2.56. The fourth-order valence-electron chi connectivity index (χ4n) is 10.5. The number of rotatable bonds is 11. The summed E-state index contributed by atoms with van der Waals surface area (Å²) in [4.78, 5) is 20.1. The van der Waals surface area contributed by atoms with Crippen LogP contribution in [0.3, 0.4) is 0 Å². The van der Waals surface area contributed by atoms with Crippen LogP contribution in [-0.4, -0.2) is 89.2 Å². The second-order valence-electron chi connectivity index (χ2n) is 18.9. The summed E-state index contributed by atoms with van der Waals surface area (Å²) in [6, 6.07) is 33.0. The van der Waals surface area contributed by atoms with E-state index >= 15 is 0 Å². The average Bonchev–Trinajstić information content (AvgIpc) is 3.83. The van der Waals surface area contributed by atoms with E-state index in [4.69, 9.17) is 23.9 Å². The van der Waals surface area contributed by atoms with Gasteiger partial charge in [-0.15, -0.1) is 0 Å². The molecule has 0 saturated carbocycles. The molecular formula is C59H61N3O9. The molecule has 0 spiro atoms. The summed E-state index contributed by atoms with van der Waals surface area (Å²) in [5, 5.41) is 47.1. The van der Waals surface area contributed by atoms with E-state index in [0.717, 1.165) is 62.4 Å². The van der Waals surface area contributed by atoms with E-state index in [1.54, 1.807) is 30.3 Å². The minimum absolute atomic E-state index is 0.000564.